The van der Waals surface area contributed by atoms with Crippen LogP contribution in [0.4, 0.5) is 13.2 Å². The Morgan fingerprint density at radius 2 is 1.78 bits per heavy atom. The maximum absolute atomic E-state index is 13.4. The second-order valence-electron chi connectivity index (χ2n) is 11.0. The summed E-state index contributed by atoms with van der Waals surface area (Å²) < 4.78 is 38.7. The number of likely N-dealkylation sites (tertiary alicyclic amines) is 1. The standard InChI is InChI=1S/C28H38F3N3O2S/c1-19-14-20(2)17-33(16-19)13-5-12-32-26(35)18-34-23-6-3-4-7-24(23)37-25(27(34)36)15-21-8-10-22(11-9-21)28(29,30)31/h8-11,15,19-20,23-24H,3-7,12-14,16-18H2,1-2H3,(H,32,35)/b25-15-. The third kappa shape index (κ3) is 7.53. The van der Waals surface area contributed by atoms with E-state index in [0.29, 0.717) is 28.8 Å². The summed E-state index contributed by atoms with van der Waals surface area (Å²) in [6.07, 6.45) is 3.33. The number of fused-ring (bicyclic) bond motifs is 1. The molecule has 0 bridgehead atoms. The van der Waals surface area contributed by atoms with Crippen molar-refractivity contribution in [2.45, 2.75) is 69.8 Å². The lowest BCUT2D eigenvalue weighted by Gasteiger charge is -2.43. The van der Waals surface area contributed by atoms with Gasteiger partial charge in [-0.1, -0.05) is 38.8 Å². The maximum atomic E-state index is 13.4. The van der Waals surface area contributed by atoms with E-state index in [4.69, 9.17) is 0 Å². The van der Waals surface area contributed by atoms with Crippen LogP contribution in [-0.4, -0.2) is 65.6 Å². The van der Waals surface area contributed by atoms with Crippen molar-refractivity contribution in [1.82, 2.24) is 15.1 Å². The van der Waals surface area contributed by atoms with E-state index in [1.165, 1.54) is 30.3 Å². The van der Waals surface area contributed by atoms with Gasteiger partial charge in [0.1, 0.15) is 6.54 Å². The van der Waals surface area contributed by atoms with Gasteiger partial charge >= 0.3 is 6.18 Å². The molecule has 2 amide bonds. The molecule has 1 N–H and O–H groups in total. The van der Waals surface area contributed by atoms with Crippen LogP contribution in [0, 0.1) is 11.8 Å². The summed E-state index contributed by atoms with van der Waals surface area (Å²) in [6.45, 7) is 8.35. The molecule has 4 unspecified atom stereocenters. The minimum absolute atomic E-state index is 0.0121. The Labute approximate surface area is 222 Å². The normalized spacial score (nSPS) is 28.3. The van der Waals surface area contributed by atoms with Crippen molar-refractivity contribution in [2.24, 2.45) is 11.8 Å². The molecule has 5 nitrogen and oxygen atoms in total. The molecule has 37 heavy (non-hydrogen) atoms. The average molecular weight is 538 g/mol. The Morgan fingerprint density at radius 1 is 1.11 bits per heavy atom. The number of carbonyl (C=O) groups is 2. The summed E-state index contributed by atoms with van der Waals surface area (Å²) in [5, 5.41) is 3.20. The molecule has 1 saturated carbocycles. The molecule has 2 saturated heterocycles. The van der Waals surface area contributed by atoms with Crippen LogP contribution >= 0.6 is 11.8 Å². The summed E-state index contributed by atoms with van der Waals surface area (Å²) in [5.41, 5.74) is -0.170. The minimum Gasteiger partial charge on any atom is -0.355 e. The fourth-order valence-corrected chi connectivity index (χ4v) is 7.47. The van der Waals surface area contributed by atoms with Crippen molar-refractivity contribution < 1.29 is 22.8 Å². The molecule has 0 spiro atoms. The molecule has 0 aromatic heterocycles. The van der Waals surface area contributed by atoms with Crippen molar-refractivity contribution in [3.8, 4) is 0 Å². The first kappa shape index (κ1) is 28.0. The highest BCUT2D eigenvalue weighted by Crippen LogP contribution is 2.42. The van der Waals surface area contributed by atoms with Gasteiger partial charge in [-0.05, 0) is 67.8 Å². The van der Waals surface area contributed by atoms with Gasteiger partial charge in [0.25, 0.3) is 5.91 Å². The Morgan fingerprint density at radius 3 is 2.46 bits per heavy atom. The van der Waals surface area contributed by atoms with Gasteiger partial charge in [-0.25, -0.2) is 0 Å². The van der Waals surface area contributed by atoms with Gasteiger partial charge in [-0.2, -0.15) is 13.2 Å². The van der Waals surface area contributed by atoms with Crippen LogP contribution in [0.5, 0.6) is 0 Å². The Hall–Kier alpha value is -2.00. The van der Waals surface area contributed by atoms with E-state index >= 15 is 0 Å². The van der Waals surface area contributed by atoms with Gasteiger partial charge < -0.3 is 15.1 Å². The van der Waals surface area contributed by atoms with Crippen molar-refractivity contribution in [1.29, 1.82) is 0 Å². The van der Waals surface area contributed by atoms with Crippen molar-refractivity contribution in [3.63, 3.8) is 0 Å². The Bertz CT molecular complexity index is 972. The topological polar surface area (TPSA) is 52.7 Å². The SMILES string of the molecule is CC1CC(C)CN(CCCNC(=O)CN2C(=O)/C(=C/c3ccc(C(F)(F)F)cc3)SC3CCCCC32)C1. The number of thioether (sulfide) groups is 1. The number of nitrogens with zero attached hydrogens (tertiary/aromatic N) is 2. The molecule has 9 heteroatoms. The van der Waals surface area contributed by atoms with Crippen LogP contribution in [0.1, 0.15) is 63.5 Å². The van der Waals surface area contributed by atoms with Gasteiger partial charge in [0.15, 0.2) is 0 Å². The van der Waals surface area contributed by atoms with E-state index in [0.717, 1.165) is 63.9 Å². The fraction of sp³-hybridized carbons (Fsp3) is 0.643. The molecule has 3 aliphatic rings. The predicted octanol–water partition coefficient (Wildman–Crippen LogP) is 5.42. The minimum atomic E-state index is -4.40. The Balaban J connectivity index is 1.36. The first-order valence-electron chi connectivity index (χ1n) is 13.5. The number of hydrogen-bond donors (Lipinski definition) is 1. The second kappa shape index (κ2) is 12.2. The van der Waals surface area contributed by atoms with E-state index in [2.05, 4.69) is 24.1 Å². The molecule has 4 atom stereocenters. The van der Waals surface area contributed by atoms with Gasteiger partial charge in [-0.15, -0.1) is 11.8 Å². The number of hydrogen-bond acceptors (Lipinski definition) is 4. The van der Waals surface area contributed by atoms with Gasteiger partial charge in [0.05, 0.1) is 10.5 Å². The van der Waals surface area contributed by atoms with E-state index in [9.17, 15) is 22.8 Å². The zero-order valence-corrected chi connectivity index (χ0v) is 22.5. The molecule has 2 heterocycles. The van der Waals surface area contributed by atoms with E-state index in [-0.39, 0.29) is 29.7 Å². The molecular formula is C28H38F3N3O2S. The van der Waals surface area contributed by atoms with Gasteiger partial charge in [-0.3, -0.25) is 9.59 Å². The van der Waals surface area contributed by atoms with Crippen molar-refractivity contribution >= 4 is 29.7 Å². The molecule has 1 aliphatic carbocycles. The number of benzene rings is 1. The quantitative estimate of drug-likeness (QED) is 0.373. The number of amides is 2. The molecule has 204 valence electrons. The third-order valence-electron chi connectivity index (χ3n) is 7.59. The summed E-state index contributed by atoms with van der Waals surface area (Å²) in [7, 11) is 0. The third-order valence-corrected chi connectivity index (χ3v) is 8.98. The zero-order valence-electron chi connectivity index (χ0n) is 21.7. The van der Waals surface area contributed by atoms with Crippen LogP contribution in [0.25, 0.3) is 6.08 Å². The van der Waals surface area contributed by atoms with Crippen molar-refractivity contribution in [3.05, 3.63) is 40.3 Å². The predicted molar refractivity (Wildman–Crippen MR) is 142 cm³/mol. The van der Waals surface area contributed by atoms with Crippen LogP contribution in [-0.2, 0) is 15.8 Å². The van der Waals surface area contributed by atoms with Gasteiger partial charge in [0, 0.05) is 30.9 Å². The van der Waals surface area contributed by atoms with Crippen LogP contribution in [0.15, 0.2) is 29.2 Å². The summed E-state index contributed by atoms with van der Waals surface area (Å²) in [4.78, 5) is 30.9. The highest BCUT2D eigenvalue weighted by Gasteiger charge is 2.41. The lowest BCUT2D eigenvalue weighted by Crippen LogP contribution is -2.54. The summed E-state index contributed by atoms with van der Waals surface area (Å²) in [6, 6.07) is 4.85. The smallest absolute Gasteiger partial charge is 0.355 e. The summed E-state index contributed by atoms with van der Waals surface area (Å²) >= 11 is 1.51. The molecule has 3 fully saturated rings. The molecule has 1 aromatic carbocycles. The lowest BCUT2D eigenvalue weighted by atomic mass is 9.92. The van der Waals surface area contributed by atoms with Gasteiger partial charge in [0.2, 0.25) is 5.91 Å². The Kier molecular flexibility index (Phi) is 9.27. The molecular weight excluding hydrogens is 499 g/mol. The average Bonchev–Trinajstić information content (AvgIpc) is 2.83. The van der Waals surface area contributed by atoms with Crippen LogP contribution < -0.4 is 5.32 Å². The number of halogens is 3. The monoisotopic (exact) mass is 537 g/mol. The highest BCUT2D eigenvalue weighted by atomic mass is 32.2. The highest BCUT2D eigenvalue weighted by molar-refractivity contribution is 8.04. The van der Waals surface area contributed by atoms with E-state index < -0.39 is 11.7 Å². The van der Waals surface area contributed by atoms with Crippen LogP contribution in [0.2, 0.25) is 0 Å². The fourth-order valence-electron chi connectivity index (χ4n) is 6.00. The molecule has 4 rings (SSSR count). The first-order valence-corrected chi connectivity index (χ1v) is 14.3. The molecule has 1 aromatic rings. The second-order valence-corrected chi connectivity index (χ2v) is 12.3. The maximum Gasteiger partial charge on any atom is 0.416 e. The number of nitrogens with one attached hydrogen (secondary N) is 1. The number of piperidine rings is 1. The van der Waals surface area contributed by atoms with Crippen LogP contribution in [0.3, 0.4) is 0 Å². The van der Waals surface area contributed by atoms with Crippen molar-refractivity contribution in [2.75, 3.05) is 32.7 Å². The number of carbonyl (C=O) groups excluding carboxylic acids is 2. The van der Waals surface area contributed by atoms with E-state index in [1.54, 1.807) is 11.0 Å². The molecule has 0 radical (unpaired) electrons. The number of alkyl halides is 3. The molecule has 2 aliphatic heterocycles. The number of rotatable bonds is 7. The largest absolute Gasteiger partial charge is 0.416 e. The lowest BCUT2D eigenvalue weighted by molar-refractivity contribution is -0.137. The van der Waals surface area contributed by atoms with E-state index in [1.807, 2.05) is 0 Å². The zero-order chi connectivity index (χ0) is 26.6. The first-order chi connectivity index (χ1) is 17.6. The summed E-state index contributed by atoms with van der Waals surface area (Å²) in [5.74, 6) is 1.04.